The average Bonchev–Trinajstić information content (AvgIpc) is 3.38. The van der Waals surface area contributed by atoms with Crippen LogP contribution in [-0.4, -0.2) is 36.8 Å². The molecule has 0 radical (unpaired) electrons. The van der Waals surface area contributed by atoms with Crippen LogP contribution in [-0.2, 0) is 17.6 Å². The number of ether oxygens (including phenoxy) is 2. The summed E-state index contributed by atoms with van der Waals surface area (Å²) < 4.78 is 15.9. The highest BCUT2D eigenvalue weighted by molar-refractivity contribution is 5.95. The molecule has 1 amide bonds. The van der Waals surface area contributed by atoms with E-state index in [-0.39, 0.29) is 5.91 Å². The van der Waals surface area contributed by atoms with Crippen molar-refractivity contribution < 1.29 is 18.8 Å². The highest BCUT2D eigenvalue weighted by atomic mass is 16.5. The van der Waals surface area contributed by atoms with Gasteiger partial charge in [0.1, 0.15) is 0 Å². The predicted octanol–water partition coefficient (Wildman–Crippen LogP) is 3.28. The molecule has 2 aromatic carbocycles. The number of carbonyl (C=O) groups is 1. The van der Waals surface area contributed by atoms with E-state index in [9.17, 15) is 4.79 Å². The Labute approximate surface area is 162 Å². The first-order chi connectivity index (χ1) is 13.7. The number of hydrogen-bond acceptors (Lipinski definition) is 6. The van der Waals surface area contributed by atoms with Gasteiger partial charge < -0.3 is 18.9 Å². The smallest absolute Gasteiger partial charge is 0.227 e. The Hall–Kier alpha value is -3.35. The third-order valence-corrected chi connectivity index (χ3v) is 4.85. The van der Waals surface area contributed by atoms with Crippen molar-refractivity contribution in [1.29, 1.82) is 0 Å². The molecule has 1 aliphatic heterocycles. The normalized spacial score (nSPS) is 12.7. The van der Waals surface area contributed by atoms with E-state index < -0.39 is 0 Å². The van der Waals surface area contributed by atoms with Gasteiger partial charge in [-0.3, -0.25) is 4.79 Å². The van der Waals surface area contributed by atoms with Crippen molar-refractivity contribution in [3.05, 3.63) is 53.9 Å². The van der Waals surface area contributed by atoms with Crippen molar-refractivity contribution in [2.24, 2.45) is 0 Å². The van der Waals surface area contributed by atoms with Gasteiger partial charge in [0.2, 0.25) is 17.6 Å². The van der Waals surface area contributed by atoms with Crippen LogP contribution in [0.1, 0.15) is 17.9 Å². The lowest BCUT2D eigenvalue weighted by molar-refractivity contribution is -0.118. The Morgan fingerprint density at radius 2 is 1.96 bits per heavy atom. The fraction of sp³-hybridized carbons (Fsp3) is 0.286. The molecule has 28 heavy (non-hydrogen) atoms. The predicted molar refractivity (Wildman–Crippen MR) is 104 cm³/mol. The molecule has 1 aliphatic rings. The summed E-state index contributed by atoms with van der Waals surface area (Å²) in [4.78, 5) is 18.9. The molecular weight excluding hydrogens is 358 g/mol. The van der Waals surface area contributed by atoms with Crippen LogP contribution in [0.5, 0.6) is 11.5 Å². The summed E-state index contributed by atoms with van der Waals surface area (Å²) in [6.07, 6.45) is 1.62. The minimum atomic E-state index is 0.0656. The summed E-state index contributed by atoms with van der Waals surface area (Å²) in [5.41, 5.74) is 2.97. The molecule has 3 aromatic rings. The van der Waals surface area contributed by atoms with Gasteiger partial charge in [-0.25, -0.2) is 0 Å². The van der Waals surface area contributed by atoms with Crippen molar-refractivity contribution in [3.63, 3.8) is 0 Å². The van der Waals surface area contributed by atoms with E-state index in [1.54, 1.807) is 26.4 Å². The number of anilines is 1. The molecule has 0 aliphatic carbocycles. The van der Waals surface area contributed by atoms with Gasteiger partial charge in [0, 0.05) is 30.6 Å². The number of amides is 1. The van der Waals surface area contributed by atoms with Crippen LogP contribution in [0.4, 0.5) is 5.69 Å². The topological polar surface area (TPSA) is 77.7 Å². The van der Waals surface area contributed by atoms with E-state index in [1.165, 1.54) is 5.56 Å². The number of nitrogens with zero attached hydrogens (tertiary/aromatic N) is 3. The molecular formula is C21H21N3O4. The van der Waals surface area contributed by atoms with Crippen molar-refractivity contribution in [2.75, 3.05) is 25.7 Å². The number of methoxy groups -OCH3 is 2. The molecule has 0 saturated heterocycles. The van der Waals surface area contributed by atoms with Gasteiger partial charge in [0.15, 0.2) is 11.5 Å². The van der Waals surface area contributed by atoms with Gasteiger partial charge in [0.25, 0.3) is 0 Å². The first kappa shape index (κ1) is 18.0. The fourth-order valence-electron chi connectivity index (χ4n) is 3.40. The van der Waals surface area contributed by atoms with E-state index in [4.69, 9.17) is 14.0 Å². The SMILES string of the molecule is COc1ccc(-c2noc(CCC(=O)N3CCc4ccccc43)n2)cc1OC. The molecule has 0 unspecified atom stereocenters. The summed E-state index contributed by atoms with van der Waals surface area (Å²) in [6.45, 7) is 0.721. The minimum absolute atomic E-state index is 0.0656. The number of fused-ring (bicyclic) bond motifs is 1. The Bertz CT molecular complexity index is 999. The van der Waals surface area contributed by atoms with Crippen molar-refractivity contribution in [3.8, 4) is 22.9 Å². The van der Waals surface area contributed by atoms with Crippen molar-refractivity contribution in [1.82, 2.24) is 10.1 Å². The second-order valence-electron chi connectivity index (χ2n) is 6.51. The third-order valence-electron chi connectivity index (χ3n) is 4.85. The van der Waals surface area contributed by atoms with E-state index in [2.05, 4.69) is 16.2 Å². The molecule has 7 nitrogen and oxygen atoms in total. The average molecular weight is 379 g/mol. The molecule has 7 heteroatoms. The summed E-state index contributed by atoms with van der Waals surface area (Å²) in [5.74, 6) is 2.18. The number of benzene rings is 2. The second-order valence-corrected chi connectivity index (χ2v) is 6.51. The van der Waals surface area contributed by atoms with Crippen molar-refractivity contribution >= 4 is 11.6 Å². The molecule has 4 rings (SSSR count). The van der Waals surface area contributed by atoms with Crippen LogP contribution >= 0.6 is 0 Å². The number of para-hydroxylation sites is 1. The third kappa shape index (κ3) is 3.43. The van der Waals surface area contributed by atoms with Crippen LogP contribution < -0.4 is 14.4 Å². The van der Waals surface area contributed by atoms with E-state index in [1.807, 2.05) is 29.2 Å². The maximum Gasteiger partial charge on any atom is 0.227 e. The monoisotopic (exact) mass is 379 g/mol. The zero-order valence-corrected chi connectivity index (χ0v) is 15.8. The quantitative estimate of drug-likeness (QED) is 0.654. The maximum absolute atomic E-state index is 12.6. The molecule has 1 aromatic heterocycles. The Morgan fingerprint density at radius 3 is 2.79 bits per heavy atom. The summed E-state index contributed by atoms with van der Waals surface area (Å²) in [7, 11) is 3.16. The largest absolute Gasteiger partial charge is 0.493 e. The Morgan fingerprint density at radius 1 is 1.14 bits per heavy atom. The van der Waals surface area contributed by atoms with E-state index >= 15 is 0 Å². The molecule has 0 bridgehead atoms. The fourth-order valence-corrected chi connectivity index (χ4v) is 3.40. The molecule has 144 valence electrons. The van der Waals surface area contributed by atoms with Gasteiger partial charge in [-0.2, -0.15) is 4.98 Å². The first-order valence-corrected chi connectivity index (χ1v) is 9.13. The molecule has 0 fully saturated rings. The minimum Gasteiger partial charge on any atom is -0.493 e. The van der Waals surface area contributed by atoms with Gasteiger partial charge in [-0.1, -0.05) is 23.4 Å². The van der Waals surface area contributed by atoms with Gasteiger partial charge in [-0.15, -0.1) is 0 Å². The van der Waals surface area contributed by atoms with Crippen LogP contribution in [0.25, 0.3) is 11.4 Å². The lowest BCUT2D eigenvalue weighted by Gasteiger charge is -2.16. The molecule has 0 atom stereocenters. The zero-order valence-electron chi connectivity index (χ0n) is 15.8. The lowest BCUT2D eigenvalue weighted by Crippen LogP contribution is -2.29. The van der Waals surface area contributed by atoms with E-state index in [0.717, 1.165) is 24.2 Å². The molecule has 0 saturated carbocycles. The highest BCUT2D eigenvalue weighted by Crippen LogP contribution is 2.31. The van der Waals surface area contributed by atoms with Crippen LogP contribution in [0.3, 0.4) is 0 Å². The summed E-state index contributed by atoms with van der Waals surface area (Å²) in [6, 6.07) is 13.4. The second kappa shape index (κ2) is 7.72. The zero-order chi connectivity index (χ0) is 19.5. The maximum atomic E-state index is 12.6. The van der Waals surface area contributed by atoms with Crippen molar-refractivity contribution in [2.45, 2.75) is 19.3 Å². The first-order valence-electron chi connectivity index (χ1n) is 9.13. The highest BCUT2D eigenvalue weighted by Gasteiger charge is 2.24. The molecule has 2 heterocycles. The van der Waals surface area contributed by atoms with Crippen LogP contribution in [0.2, 0.25) is 0 Å². The lowest BCUT2D eigenvalue weighted by atomic mass is 10.2. The van der Waals surface area contributed by atoms with Crippen LogP contribution in [0.15, 0.2) is 47.0 Å². The molecule has 0 N–H and O–H groups in total. The van der Waals surface area contributed by atoms with Gasteiger partial charge >= 0.3 is 0 Å². The number of hydrogen-bond donors (Lipinski definition) is 0. The van der Waals surface area contributed by atoms with Gasteiger partial charge in [0.05, 0.1) is 14.2 Å². The molecule has 0 spiro atoms. The summed E-state index contributed by atoms with van der Waals surface area (Å²) >= 11 is 0. The van der Waals surface area contributed by atoms with Gasteiger partial charge in [-0.05, 0) is 36.2 Å². The number of carbonyl (C=O) groups excluding carboxylic acids is 1. The Balaban J connectivity index is 1.42. The van der Waals surface area contributed by atoms with E-state index in [0.29, 0.717) is 36.1 Å². The Kier molecular flexibility index (Phi) is 4.97. The number of rotatable bonds is 6. The number of aryl methyl sites for hydroxylation is 1. The summed E-state index contributed by atoms with van der Waals surface area (Å²) in [5, 5.41) is 4.02. The van der Waals surface area contributed by atoms with Crippen LogP contribution in [0, 0.1) is 0 Å². The standard InChI is InChI=1S/C21H21N3O4/c1-26-17-8-7-15(13-18(17)27-2)21-22-19(28-23-21)9-10-20(25)24-12-11-14-5-3-4-6-16(14)24/h3-8,13H,9-12H2,1-2H3. The number of aromatic nitrogens is 2.